The van der Waals surface area contributed by atoms with E-state index in [1.165, 1.54) is 11.3 Å². The Kier molecular flexibility index (Phi) is 6.20. The molecule has 0 spiro atoms. The van der Waals surface area contributed by atoms with Gasteiger partial charge in [-0.2, -0.15) is 0 Å². The lowest BCUT2D eigenvalue weighted by molar-refractivity contribution is -0.123. The summed E-state index contributed by atoms with van der Waals surface area (Å²) in [5.74, 6) is 0.247. The highest BCUT2D eigenvalue weighted by Crippen LogP contribution is 2.22. The molecule has 1 fully saturated rings. The fourth-order valence-electron chi connectivity index (χ4n) is 2.83. The van der Waals surface area contributed by atoms with Crippen molar-refractivity contribution in [1.29, 1.82) is 0 Å². The lowest BCUT2D eigenvalue weighted by atomic mass is 10.1. The van der Waals surface area contributed by atoms with Gasteiger partial charge in [-0.25, -0.2) is 9.97 Å². The first-order valence-electron chi connectivity index (χ1n) is 8.41. The predicted molar refractivity (Wildman–Crippen MR) is 104 cm³/mol. The monoisotopic (exact) mass is 437 g/mol. The van der Waals surface area contributed by atoms with Gasteiger partial charge in [0.25, 0.3) is 5.91 Å². The van der Waals surface area contributed by atoms with E-state index >= 15 is 0 Å². The Morgan fingerprint density at radius 3 is 2.81 bits per heavy atom. The first-order valence-corrected chi connectivity index (χ1v) is 10.0. The second-order valence-electron chi connectivity index (χ2n) is 6.14. The van der Waals surface area contributed by atoms with E-state index in [9.17, 15) is 9.59 Å². The third-order valence-corrected chi connectivity index (χ3v) is 5.76. The molecular formula is C17H20BrN5O2S. The fourth-order valence-corrected chi connectivity index (χ4v) is 4.12. The van der Waals surface area contributed by atoms with Crippen molar-refractivity contribution < 1.29 is 9.59 Å². The third-order valence-electron chi connectivity index (χ3n) is 4.14. The van der Waals surface area contributed by atoms with Gasteiger partial charge >= 0.3 is 0 Å². The molecule has 1 aliphatic rings. The van der Waals surface area contributed by atoms with Crippen LogP contribution in [0.4, 0.5) is 5.95 Å². The molecule has 2 aromatic heterocycles. The molecule has 1 aliphatic heterocycles. The van der Waals surface area contributed by atoms with Gasteiger partial charge in [0.05, 0.1) is 8.66 Å². The molecule has 9 heteroatoms. The van der Waals surface area contributed by atoms with Gasteiger partial charge in [0.2, 0.25) is 11.9 Å². The zero-order chi connectivity index (χ0) is 18.5. The van der Waals surface area contributed by atoms with Crippen LogP contribution in [0.25, 0.3) is 0 Å². The van der Waals surface area contributed by atoms with Crippen molar-refractivity contribution in [2.24, 2.45) is 0 Å². The molecule has 1 saturated heterocycles. The van der Waals surface area contributed by atoms with Crippen molar-refractivity contribution in [1.82, 2.24) is 20.6 Å². The molecule has 0 radical (unpaired) electrons. The molecule has 26 heavy (non-hydrogen) atoms. The quantitative estimate of drug-likeness (QED) is 0.748. The largest absolute Gasteiger partial charge is 0.350 e. The Balaban J connectivity index is 1.52. The summed E-state index contributed by atoms with van der Waals surface area (Å²) in [7, 11) is 0. The Morgan fingerprint density at radius 1 is 1.35 bits per heavy atom. The molecule has 2 amide bonds. The van der Waals surface area contributed by atoms with Crippen LogP contribution in [-0.2, 0) is 4.79 Å². The van der Waals surface area contributed by atoms with E-state index in [2.05, 4.69) is 41.4 Å². The van der Waals surface area contributed by atoms with Gasteiger partial charge in [-0.15, -0.1) is 11.3 Å². The maximum atomic E-state index is 12.4. The molecule has 3 rings (SSSR count). The zero-order valence-electron chi connectivity index (χ0n) is 14.3. The number of nitrogens with zero attached hydrogens (tertiary/aromatic N) is 3. The first kappa shape index (κ1) is 18.8. The lowest BCUT2D eigenvalue weighted by Gasteiger charge is -2.33. The van der Waals surface area contributed by atoms with E-state index in [-0.39, 0.29) is 17.9 Å². The Morgan fingerprint density at radius 2 is 2.12 bits per heavy atom. The SMILES string of the molecule is CC(NC(=O)c1ccc(Br)s1)C(=O)NC1CCCN(c2ncccn2)C1. The van der Waals surface area contributed by atoms with Crippen LogP contribution < -0.4 is 15.5 Å². The molecule has 2 aromatic rings. The second kappa shape index (κ2) is 8.59. The molecule has 3 heterocycles. The molecular weight excluding hydrogens is 418 g/mol. The van der Waals surface area contributed by atoms with Crippen molar-refractivity contribution in [2.75, 3.05) is 18.0 Å². The molecule has 0 aromatic carbocycles. The summed E-state index contributed by atoms with van der Waals surface area (Å²) in [6.45, 7) is 3.22. The third kappa shape index (κ3) is 4.79. The predicted octanol–water partition coefficient (Wildman–Crippen LogP) is 2.20. The van der Waals surface area contributed by atoms with Gasteiger partial charge in [-0.05, 0) is 53.9 Å². The van der Waals surface area contributed by atoms with Crippen molar-refractivity contribution in [3.63, 3.8) is 0 Å². The van der Waals surface area contributed by atoms with Gasteiger partial charge in [-0.1, -0.05) is 0 Å². The number of hydrogen-bond donors (Lipinski definition) is 2. The number of halogens is 1. The summed E-state index contributed by atoms with van der Waals surface area (Å²) >= 11 is 4.67. The zero-order valence-corrected chi connectivity index (χ0v) is 16.7. The number of thiophene rings is 1. The first-order chi connectivity index (χ1) is 12.5. The summed E-state index contributed by atoms with van der Waals surface area (Å²) in [5, 5.41) is 5.77. The van der Waals surface area contributed by atoms with Crippen molar-refractivity contribution in [2.45, 2.75) is 31.8 Å². The van der Waals surface area contributed by atoms with Gasteiger partial charge in [0.1, 0.15) is 6.04 Å². The summed E-state index contributed by atoms with van der Waals surface area (Å²) in [6, 6.07) is 4.73. The van der Waals surface area contributed by atoms with Crippen molar-refractivity contribution in [3.05, 3.63) is 39.3 Å². The average Bonchev–Trinajstić information content (AvgIpc) is 3.09. The Labute approximate surface area is 164 Å². The Hall–Kier alpha value is -2.00. The fraction of sp³-hybridized carbons (Fsp3) is 0.412. The van der Waals surface area contributed by atoms with Crippen LogP contribution >= 0.6 is 27.3 Å². The molecule has 0 aliphatic carbocycles. The van der Waals surface area contributed by atoms with Crippen molar-refractivity contribution >= 4 is 45.0 Å². The lowest BCUT2D eigenvalue weighted by Crippen LogP contribution is -2.53. The van der Waals surface area contributed by atoms with Gasteiger partial charge in [-0.3, -0.25) is 9.59 Å². The highest BCUT2D eigenvalue weighted by molar-refractivity contribution is 9.11. The van der Waals surface area contributed by atoms with E-state index in [0.717, 1.165) is 23.2 Å². The van der Waals surface area contributed by atoms with Gasteiger partial charge in [0, 0.05) is 31.5 Å². The number of anilines is 1. The molecule has 7 nitrogen and oxygen atoms in total. The molecule has 138 valence electrons. The van der Waals surface area contributed by atoms with Crippen molar-refractivity contribution in [3.8, 4) is 0 Å². The second-order valence-corrected chi connectivity index (χ2v) is 8.60. The number of carbonyl (C=O) groups excluding carboxylic acids is 2. The normalized spacial score (nSPS) is 18.2. The minimum absolute atomic E-state index is 0.00953. The number of aromatic nitrogens is 2. The number of carbonyl (C=O) groups is 2. The average molecular weight is 438 g/mol. The van der Waals surface area contributed by atoms with Gasteiger partial charge < -0.3 is 15.5 Å². The maximum absolute atomic E-state index is 12.4. The van der Waals surface area contributed by atoms with E-state index in [1.807, 2.05) is 6.07 Å². The molecule has 0 bridgehead atoms. The number of nitrogens with one attached hydrogen (secondary N) is 2. The summed E-state index contributed by atoms with van der Waals surface area (Å²) in [5.41, 5.74) is 0. The number of piperidine rings is 1. The summed E-state index contributed by atoms with van der Waals surface area (Å²) in [6.07, 6.45) is 5.27. The topological polar surface area (TPSA) is 87.2 Å². The summed E-state index contributed by atoms with van der Waals surface area (Å²) in [4.78, 5) is 35.8. The van der Waals surface area contributed by atoms with Crippen LogP contribution in [-0.4, -0.2) is 47.0 Å². The smallest absolute Gasteiger partial charge is 0.262 e. The molecule has 2 atom stereocenters. The minimum atomic E-state index is -0.605. The molecule has 0 saturated carbocycles. The van der Waals surface area contributed by atoms with E-state index < -0.39 is 6.04 Å². The van der Waals surface area contributed by atoms with E-state index in [4.69, 9.17) is 0 Å². The number of hydrogen-bond acceptors (Lipinski definition) is 6. The van der Waals surface area contributed by atoms with Crippen LogP contribution in [0.15, 0.2) is 34.4 Å². The highest BCUT2D eigenvalue weighted by atomic mass is 79.9. The maximum Gasteiger partial charge on any atom is 0.262 e. The van der Waals surface area contributed by atoms with E-state index in [1.54, 1.807) is 31.5 Å². The molecule has 2 unspecified atom stereocenters. The van der Waals surface area contributed by atoms with Crippen LogP contribution in [0.1, 0.15) is 29.4 Å². The van der Waals surface area contributed by atoms with Crippen LogP contribution in [0.3, 0.4) is 0 Å². The van der Waals surface area contributed by atoms with Crippen LogP contribution in [0, 0.1) is 0 Å². The highest BCUT2D eigenvalue weighted by Gasteiger charge is 2.25. The Bertz CT molecular complexity index is 770. The van der Waals surface area contributed by atoms with Crippen LogP contribution in [0.2, 0.25) is 0 Å². The standard InChI is InChI=1S/C17H20BrN5O2S/c1-11(21-16(25)13-5-6-14(18)26-13)15(24)22-12-4-2-9-23(10-12)17-19-7-3-8-20-17/h3,5-8,11-12H,2,4,9-10H2,1H3,(H,21,25)(H,22,24). The van der Waals surface area contributed by atoms with Crippen LogP contribution in [0.5, 0.6) is 0 Å². The van der Waals surface area contributed by atoms with E-state index in [0.29, 0.717) is 17.4 Å². The number of amides is 2. The minimum Gasteiger partial charge on any atom is -0.350 e. The van der Waals surface area contributed by atoms with Gasteiger partial charge in [0.15, 0.2) is 0 Å². The molecule has 2 N–H and O–H groups in total. The summed E-state index contributed by atoms with van der Waals surface area (Å²) < 4.78 is 0.880. The number of rotatable bonds is 5.